The molecule has 1 aromatic carbocycles. The second-order valence-electron chi connectivity index (χ2n) is 5.28. The van der Waals surface area contributed by atoms with Gasteiger partial charge < -0.3 is 10.5 Å². The summed E-state index contributed by atoms with van der Waals surface area (Å²) in [5.41, 5.74) is 6.27. The number of halogens is 1. The van der Waals surface area contributed by atoms with Gasteiger partial charge in [-0.1, -0.05) is 30.7 Å². The van der Waals surface area contributed by atoms with E-state index in [1.54, 1.807) is 20.1 Å². The highest BCUT2D eigenvalue weighted by Crippen LogP contribution is 2.62. The molecule has 20 heavy (non-hydrogen) atoms. The maximum absolute atomic E-state index is 12.3. The third kappa shape index (κ3) is 2.48. The van der Waals surface area contributed by atoms with E-state index in [2.05, 4.69) is 0 Å². The molecule has 0 aliphatic heterocycles. The molecule has 1 aromatic rings. The summed E-state index contributed by atoms with van der Waals surface area (Å²) < 4.78 is 29.9. The number of sulfone groups is 1. The Morgan fingerprint density at radius 1 is 1.45 bits per heavy atom. The molecule has 0 amide bonds. The predicted molar refractivity (Wildman–Crippen MR) is 80.8 cm³/mol. The predicted octanol–water partition coefficient (Wildman–Crippen LogP) is 1.83. The van der Waals surface area contributed by atoms with Gasteiger partial charge >= 0.3 is 0 Å². The molecule has 0 unspecified atom stereocenters. The van der Waals surface area contributed by atoms with E-state index in [1.165, 1.54) is 0 Å². The van der Waals surface area contributed by atoms with Gasteiger partial charge in [0, 0.05) is 35.8 Å². The van der Waals surface area contributed by atoms with Crippen LogP contribution in [-0.2, 0) is 14.6 Å². The summed E-state index contributed by atoms with van der Waals surface area (Å²) in [5.74, 6) is -0.0312. The molecule has 1 aliphatic carbocycles. The van der Waals surface area contributed by atoms with E-state index in [4.69, 9.17) is 22.1 Å². The first-order valence-corrected chi connectivity index (χ1v) is 8.68. The Bertz CT molecular complexity index is 590. The van der Waals surface area contributed by atoms with Gasteiger partial charge in [0.15, 0.2) is 9.84 Å². The Hall–Kier alpha value is -0.620. The van der Waals surface area contributed by atoms with Gasteiger partial charge in [-0.2, -0.15) is 0 Å². The highest BCUT2D eigenvalue weighted by atomic mass is 35.5. The highest BCUT2D eigenvalue weighted by Gasteiger charge is 2.69. The smallest absolute Gasteiger partial charge is 0.154 e. The number of methoxy groups -OCH3 is 1. The van der Waals surface area contributed by atoms with Crippen LogP contribution in [0.1, 0.15) is 18.4 Å². The van der Waals surface area contributed by atoms with Crippen molar-refractivity contribution in [2.24, 2.45) is 11.1 Å². The normalized spacial score (nSPS) is 29.4. The zero-order valence-corrected chi connectivity index (χ0v) is 13.2. The number of hydrogen-bond donors (Lipinski definition) is 1. The van der Waals surface area contributed by atoms with Crippen molar-refractivity contribution in [3.8, 4) is 0 Å². The fourth-order valence-electron chi connectivity index (χ4n) is 3.15. The average Bonchev–Trinajstić information content (AvgIpc) is 3.09. The molecule has 0 bridgehead atoms. The SMILES string of the molecule is CCS(=O)(=O)[C@H]1[C@H](c2cccc(Cl)c2)[C@@]1(CN)COC. The zero-order valence-electron chi connectivity index (χ0n) is 11.7. The topological polar surface area (TPSA) is 69.4 Å². The molecule has 1 fully saturated rings. The largest absolute Gasteiger partial charge is 0.384 e. The van der Waals surface area contributed by atoms with Crippen molar-refractivity contribution in [1.82, 2.24) is 0 Å². The Morgan fingerprint density at radius 2 is 2.15 bits per heavy atom. The summed E-state index contributed by atoms with van der Waals surface area (Å²) in [4.78, 5) is 0. The number of ether oxygens (including phenoxy) is 1. The van der Waals surface area contributed by atoms with Crippen LogP contribution in [0.25, 0.3) is 0 Å². The lowest BCUT2D eigenvalue weighted by molar-refractivity contribution is 0.142. The lowest BCUT2D eigenvalue weighted by Gasteiger charge is -2.14. The maximum Gasteiger partial charge on any atom is 0.154 e. The minimum atomic E-state index is -3.18. The van der Waals surface area contributed by atoms with Crippen LogP contribution in [0.4, 0.5) is 0 Å². The lowest BCUT2D eigenvalue weighted by atomic mass is 10.00. The lowest BCUT2D eigenvalue weighted by Crippen LogP contribution is -2.28. The highest BCUT2D eigenvalue weighted by molar-refractivity contribution is 7.92. The summed E-state index contributed by atoms with van der Waals surface area (Å²) >= 11 is 6.01. The molecular weight excluding hydrogens is 298 g/mol. The quantitative estimate of drug-likeness (QED) is 0.869. The Morgan fingerprint density at radius 3 is 2.65 bits per heavy atom. The molecule has 2 rings (SSSR count). The monoisotopic (exact) mass is 317 g/mol. The van der Waals surface area contributed by atoms with E-state index in [0.717, 1.165) is 5.56 Å². The molecule has 4 nitrogen and oxygen atoms in total. The summed E-state index contributed by atoms with van der Waals surface area (Å²) in [5, 5.41) is 0.119. The summed E-state index contributed by atoms with van der Waals surface area (Å²) in [7, 11) is -1.61. The third-order valence-electron chi connectivity index (χ3n) is 4.17. The standard InChI is InChI=1S/C14H20ClNO3S/c1-3-20(17,18)13-12(14(13,8-16)9-19-2)10-5-4-6-11(15)7-10/h4-7,12-13H,3,8-9,16H2,1-2H3/t12-,13-,14+/m0/s1. The van der Waals surface area contributed by atoms with E-state index >= 15 is 0 Å². The second-order valence-corrected chi connectivity index (χ2v) is 8.12. The molecule has 6 heteroatoms. The van der Waals surface area contributed by atoms with E-state index < -0.39 is 20.5 Å². The van der Waals surface area contributed by atoms with Crippen LogP contribution < -0.4 is 5.73 Å². The molecule has 0 aromatic heterocycles. The van der Waals surface area contributed by atoms with E-state index in [0.29, 0.717) is 11.6 Å². The van der Waals surface area contributed by atoms with Crippen LogP contribution in [0.3, 0.4) is 0 Å². The average molecular weight is 318 g/mol. The molecule has 1 saturated carbocycles. The summed E-state index contributed by atoms with van der Waals surface area (Å²) in [6.45, 7) is 2.28. The Kier molecular flexibility index (Phi) is 4.44. The number of benzene rings is 1. The van der Waals surface area contributed by atoms with Gasteiger partial charge in [0.25, 0.3) is 0 Å². The van der Waals surface area contributed by atoms with Crippen molar-refractivity contribution in [2.45, 2.75) is 18.1 Å². The number of hydrogen-bond acceptors (Lipinski definition) is 4. The maximum atomic E-state index is 12.3. The first-order chi connectivity index (χ1) is 9.43. The van der Waals surface area contributed by atoms with E-state index in [1.807, 2.05) is 18.2 Å². The first-order valence-electron chi connectivity index (χ1n) is 6.59. The molecule has 0 heterocycles. The van der Waals surface area contributed by atoms with Crippen molar-refractivity contribution >= 4 is 21.4 Å². The van der Waals surface area contributed by atoms with Crippen LogP contribution in [0.5, 0.6) is 0 Å². The molecule has 2 N–H and O–H groups in total. The minimum Gasteiger partial charge on any atom is -0.384 e. The van der Waals surface area contributed by atoms with Crippen molar-refractivity contribution < 1.29 is 13.2 Å². The van der Waals surface area contributed by atoms with Crippen LogP contribution in [-0.4, -0.2) is 39.7 Å². The van der Waals surface area contributed by atoms with Gasteiger partial charge in [0.2, 0.25) is 0 Å². The minimum absolute atomic E-state index is 0.111. The molecule has 0 saturated heterocycles. The van der Waals surface area contributed by atoms with Crippen molar-refractivity contribution in [2.75, 3.05) is 26.0 Å². The van der Waals surface area contributed by atoms with Crippen LogP contribution in [0, 0.1) is 5.41 Å². The first kappa shape index (κ1) is 15.8. The molecular formula is C14H20ClNO3S. The van der Waals surface area contributed by atoms with Gasteiger partial charge in [0.1, 0.15) is 0 Å². The Balaban J connectivity index is 2.45. The summed E-state index contributed by atoms with van der Waals surface area (Å²) in [6.07, 6.45) is 0. The zero-order chi connectivity index (χ0) is 15.0. The van der Waals surface area contributed by atoms with E-state index in [9.17, 15) is 8.42 Å². The molecule has 112 valence electrons. The fourth-order valence-corrected chi connectivity index (χ4v) is 5.50. The van der Waals surface area contributed by atoms with Crippen LogP contribution >= 0.6 is 11.6 Å². The Labute approximate surface area is 125 Å². The summed E-state index contributed by atoms with van der Waals surface area (Å²) in [6, 6.07) is 7.33. The molecule has 1 aliphatic rings. The fraction of sp³-hybridized carbons (Fsp3) is 0.571. The van der Waals surface area contributed by atoms with Crippen molar-refractivity contribution in [3.63, 3.8) is 0 Å². The van der Waals surface area contributed by atoms with Crippen molar-refractivity contribution in [3.05, 3.63) is 34.9 Å². The molecule has 0 radical (unpaired) electrons. The van der Waals surface area contributed by atoms with Gasteiger partial charge in [0.05, 0.1) is 11.9 Å². The van der Waals surface area contributed by atoms with Crippen molar-refractivity contribution in [1.29, 1.82) is 0 Å². The second kappa shape index (κ2) is 5.64. The molecule has 0 spiro atoms. The van der Waals surface area contributed by atoms with E-state index in [-0.39, 0.29) is 18.2 Å². The van der Waals surface area contributed by atoms with Crippen LogP contribution in [0.15, 0.2) is 24.3 Å². The van der Waals surface area contributed by atoms with Gasteiger partial charge in [-0.05, 0) is 17.7 Å². The van der Waals surface area contributed by atoms with Gasteiger partial charge in [-0.15, -0.1) is 0 Å². The third-order valence-corrected chi connectivity index (χ3v) is 6.73. The van der Waals surface area contributed by atoms with Gasteiger partial charge in [-0.3, -0.25) is 0 Å². The molecule has 3 atom stereocenters. The number of nitrogens with two attached hydrogens (primary N) is 1. The number of rotatable bonds is 6. The van der Waals surface area contributed by atoms with Gasteiger partial charge in [-0.25, -0.2) is 8.42 Å². The van der Waals surface area contributed by atoms with Crippen LogP contribution in [0.2, 0.25) is 5.02 Å².